The number of nitrogens with zero attached hydrogens (tertiary/aromatic N) is 6. The molecule has 0 atom stereocenters. The van der Waals surface area contributed by atoms with E-state index in [1.165, 1.54) is 0 Å². The van der Waals surface area contributed by atoms with E-state index in [-0.39, 0.29) is 0 Å². The summed E-state index contributed by atoms with van der Waals surface area (Å²) in [4.78, 5) is 13.4. The number of aromatic amines is 1. The molecule has 146 valence electrons. The lowest BCUT2D eigenvalue weighted by Crippen LogP contribution is -2.08. The molecule has 0 saturated heterocycles. The molecule has 0 amide bonds. The molecule has 10 nitrogen and oxygen atoms in total. The quantitative estimate of drug-likeness (QED) is 0.484. The molecule has 0 aliphatic carbocycles. The van der Waals surface area contributed by atoms with Crippen LogP contribution in [0.2, 0.25) is 0 Å². The molecule has 5 heterocycles. The first kappa shape index (κ1) is 17.3. The predicted molar refractivity (Wildman–Crippen MR) is 108 cm³/mol. The smallest absolute Gasteiger partial charge is 0.162 e. The highest BCUT2D eigenvalue weighted by molar-refractivity contribution is 5.78. The van der Waals surface area contributed by atoms with Crippen LogP contribution in [0.25, 0.3) is 22.6 Å². The molecular weight excluding hydrogens is 370 g/mol. The van der Waals surface area contributed by atoms with E-state index in [1.807, 2.05) is 18.2 Å². The van der Waals surface area contributed by atoms with Gasteiger partial charge in [-0.05, 0) is 25.5 Å². The number of hydrogen-bond acceptors (Lipinski definition) is 8. The van der Waals surface area contributed by atoms with Gasteiger partial charge in [-0.25, -0.2) is 19.5 Å². The number of imidazole rings is 1. The molecule has 1 aliphatic rings. The van der Waals surface area contributed by atoms with Crippen LogP contribution in [0.4, 0.5) is 17.5 Å². The average molecular weight is 389 g/mol. The van der Waals surface area contributed by atoms with Crippen molar-refractivity contribution in [1.29, 1.82) is 0 Å². The largest absolute Gasteiger partial charge is 0.384 e. The zero-order valence-electron chi connectivity index (χ0n) is 15.8. The minimum absolute atomic E-state index is 0.384. The van der Waals surface area contributed by atoms with Crippen LogP contribution < -0.4 is 11.1 Å². The minimum atomic E-state index is 0.384. The van der Waals surface area contributed by atoms with Crippen LogP contribution in [-0.4, -0.2) is 48.0 Å². The van der Waals surface area contributed by atoms with E-state index in [0.717, 1.165) is 24.3 Å². The first-order valence-electron chi connectivity index (χ1n) is 9.22. The number of nitrogens with one attached hydrogen (secondary N) is 2. The maximum atomic E-state index is 5.98. The van der Waals surface area contributed by atoms with E-state index in [9.17, 15) is 0 Å². The summed E-state index contributed by atoms with van der Waals surface area (Å²) in [7, 11) is 0. The fraction of sp³-hybridized carbons (Fsp3) is 0.211. The third kappa shape index (κ3) is 3.29. The molecule has 4 N–H and O–H groups in total. The molecule has 0 radical (unpaired) electrons. The molecule has 1 aliphatic heterocycles. The summed E-state index contributed by atoms with van der Waals surface area (Å²) in [5.41, 5.74) is 9.86. The van der Waals surface area contributed by atoms with Crippen molar-refractivity contribution in [1.82, 2.24) is 34.8 Å². The molecule has 0 unspecified atom stereocenters. The number of rotatable bonds is 4. The fourth-order valence-electron chi connectivity index (χ4n) is 3.32. The number of anilines is 3. The highest BCUT2D eigenvalue weighted by Crippen LogP contribution is 2.30. The number of hydrogen-bond donors (Lipinski definition) is 3. The maximum absolute atomic E-state index is 5.98. The lowest BCUT2D eigenvalue weighted by Gasteiger charge is -2.13. The molecule has 0 bridgehead atoms. The number of H-pyrrole nitrogens is 1. The molecule has 0 spiro atoms. The van der Waals surface area contributed by atoms with Gasteiger partial charge in [-0.3, -0.25) is 5.10 Å². The number of ether oxygens (including phenoxy) is 1. The van der Waals surface area contributed by atoms with Crippen molar-refractivity contribution in [3.8, 4) is 11.4 Å². The van der Waals surface area contributed by atoms with Gasteiger partial charge in [-0.1, -0.05) is 6.08 Å². The second kappa shape index (κ2) is 6.99. The standard InChI is InChI=1S/C19H19N9O/c1-11-22-14(9-15(20)23-11)18-19(24-16-6-7-21-26-16)25-17-5-4-13(27-28(17)18)12-3-2-8-29-10-12/h3-7,9H,2,8,10H2,1H3,(H2,20,22,23)(H2,21,24,26). The van der Waals surface area contributed by atoms with E-state index in [2.05, 4.69) is 31.6 Å². The summed E-state index contributed by atoms with van der Waals surface area (Å²) in [6.45, 7) is 3.08. The van der Waals surface area contributed by atoms with Gasteiger partial charge in [0.15, 0.2) is 11.5 Å². The Hall–Kier alpha value is -3.79. The van der Waals surface area contributed by atoms with Gasteiger partial charge < -0.3 is 15.8 Å². The monoisotopic (exact) mass is 389 g/mol. The maximum Gasteiger partial charge on any atom is 0.162 e. The normalized spacial score (nSPS) is 14.2. The molecule has 4 aromatic heterocycles. The summed E-state index contributed by atoms with van der Waals surface area (Å²) in [5, 5.41) is 14.9. The minimum Gasteiger partial charge on any atom is -0.384 e. The van der Waals surface area contributed by atoms with Gasteiger partial charge in [0.2, 0.25) is 0 Å². The van der Waals surface area contributed by atoms with Crippen LogP contribution in [0.5, 0.6) is 0 Å². The number of aryl methyl sites for hydroxylation is 1. The van der Waals surface area contributed by atoms with E-state index >= 15 is 0 Å². The Labute approximate surface area is 165 Å². The number of nitrogen functional groups attached to an aromatic ring is 1. The Morgan fingerprint density at radius 2 is 2.10 bits per heavy atom. The Kier molecular flexibility index (Phi) is 4.17. The lowest BCUT2D eigenvalue weighted by molar-refractivity contribution is 0.164. The number of fused-ring (bicyclic) bond motifs is 1. The molecule has 5 rings (SSSR count). The first-order valence-corrected chi connectivity index (χ1v) is 9.22. The third-order valence-corrected chi connectivity index (χ3v) is 4.57. The van der Waals surface area contributed by atoms with Gasteiger partial charge >= 0.3 is 0 Å². The second-order valence-corrected chi connectivity index (χ2v) is 6.69. The van der Waals surface area contributed by atoms with Crippen molar-refractivity contribution < 1.29 is 4.74 Å². The summed E-state index contributed by atoms with van der Waals surface area (Å²) in [6, 6.07) is 7.41. The average Bonchev–Trinajstić information content (AvgIpc) is 3.35. The van der Waals surface area contributed by atoms with Crippen LogP contribution in [0, 0.1) is 6.92 Å². The van der Waals surface area contributed by atoms with Gasteiger partial charge in [0, 0.05) is 17.7 Å². The molecular formula is C19H19N9O. The molecule has 0 fully saturated rings. The van der Waals surface area contributed by atoms with Crippen molar-refractivity contribution >= 4 is 28.7 Å². The van der Waals surface area contributed by atoms with Crippen LogP contribution >= 0.6 is 0 Å². The van der Waals surface area contributed by atoms with Crippen LogP contribution in [0.1, 0.15) is 17.9 Å². The van der Waals surface area contributed by atoms with Crippen molar-refractivity contribution in [2.45, 2.75) is 13.3 Å². The summed E-state index contributed by atoms with van der Waals surface area (Å²) >= 11 is 0. The van der Waals surface area contributed by atoms with Gasteiger partial charge in [0.1, 0.15) is 23.2 Å². The Morgan fingerprint density at radius 3 is 2.86 bits per heavy atom. The van der Waals surface area contributed by atoms with Gasteiger partial charge in [-0.2, -0.15) is 10.2 Å². The first-order chi connectivity index (χ1) is 14.2. The number of nitrogens with two attached hydrogens (primary N) is 1. The highest BCUT2D eigenvalue weighted by Gasteiger charge is 2.20. The van der Waals surface area contributed by atoms with Crippen molar-refractivity contribution in [2.75, 3.05) is 24.3 Å². The zero-order chi connectivity index (χ0) is 19.8. The predicted octanol–water partition coefficient (Wildman–Crippen LogP) is 2.35. The van der Waals surface area contributed by atoms with E-state index < -0.39 is 0 Å². The van der Waals surface area contributed by atoms with Gasteiger partial charge in [-0.15, -0.1) is 0 Å². The molecule has 0 saturated carbocycles. The summed E-state index contributed by atoms with van der Waals surface area (Å²) < 4.78 is 7.35. The topological polar surface area (TPSA) is 132 Å². The zero-order valence-corrected chi connectivity index (χ0v) is 15.8. The van der Waals surface area contributed by atoms with Crippen molar-refractivity contribution in [3.63, 3.8) is 0 Å². The van der Waals surface area contributed by atoms with E-state index in [0.29, 0.717) is 46.9 Å². The van der Waals surface area contributed by atoms with Gasteiger partial charge in [0.05, 0.1) is 30.8 Å². The SMILES string of the molecule is Cc1nc(N)cc(-c2c(Nc3ccn[nH]3)nc3ccc(C4=CCCOC4)nn23)n1. The molecule has 0 aromatic carbocycles. The molecule has 10 heteroatoms. The van der Waals surface area contributed by atoms with E-state index in [1.54, 1.807) is 23.7 Å². The van der Waals surface area contributed by atoms with Crippen LogP contribution in [0.3, 0.4) is 0 Å². The summed E-state index contributed by atoms with van der Waals surface area (Å²) in [5.74, 6) is 2.25. The van der Waals surface area contributed by atoms with Crippen LogP contribution in [0.15, 0.2) is 36.5 Å². The Morgan fingerprint density at radius 1 is 1.17 bits per heavy atom. The van der Waals surface area contributed by atoms with Crippen molar-refractivity contribution in [2.24, 2.45) is 0 Å². The fourth-order valence-corrected chi connectivity index (χ4v) is 3.32. The Bertz CT molecular complexity index is 1190. The van der Waals surface area contributed by atoms with E-state index in [4.69, 9.17) is 20.6 Å². The second-order valence-electron chi connectivity index (χ2n) is 6.69. The molecule has 29 heavy (non-hydrogen) atoms. The lowest BCUT2D eigenvalue weighted by atomic mass is 10.1. The molecule has 4 aromatic rings. The highest BCUT2D eigenvalue weighted by atomic mass is 16.5. The third-order valence-electron chi connectivity index (χ3n) is 4.57. The van der Waals surface area contributed by atoms with Crippen molar-refractivity contribution in [3.05, 3.63) is 48.1 Å². The Balaban J connectivity index is 1.71. The number of aromatic nitrogens is 7. The summed E-state index contributed by atoms with van der Waals surface area (Å²) in [6.07, 6.45) is 4.70. The van der Waals surface area contributed by atoms with Gasteiger partial charge in [0.25, 0.3) is 0 Å². The van der Waals surface area contributed by atoms with Crippen LogP contribution in [-0.2, 0) is 4.74 Å².